The van der Waals surface area contributed by atoms with E-state index in [1.807, 2.05) is 0 Å². The van der Waals surface area contributed by atoms with Gasteiger partial charge in [-0.25, -0.2) is 8.42 Å². The average molecular weight is 339 g/mol. The molecule has 0 radical (unpaired) electrons. The second-order valence-electron chi connectivity index (χ2n) is 2.58. The van der Waals surface area contributed by atoms with E-state index in [-0.39, 0.29) is 87.8 Å². The van der Waals surface area contributed by atoms with Crippen molar-refractivity contribution in [2.24, 2.45) is 0 Å². The van der Waals surface area contributed by atoms with Gasteiger partial charge in [-0.1, -0.05) is 6.58 Å². The van der Waals surface area contributed by atoms with Gasteiger partial charge in [-0.15, -0.1) is 0 Å². The normalized spacial score (nSPS) is 10.1. The number of likely N-dealkylation sites (N-methyl/N-ethyl adjacent to an activating group) is 1. The molecule has 0 heterocycles. The zero-order valence-electron chi connectivity index (χ0n) is 8.39. The minimum atomic E-state index is -4.17. The Labute approximate surface area is 143 Å². The molecule has 0 aromatic carbocycles. The Hall–Kier alpha value is 1.17. The van der Waals surface area contributed by atoms with Gasteiger partial charge in [0.15, 0.2) is 0 Å². The summed E-state index contributed by atoms with van der Waals surface area (Å²) in [6.07, 6.45) is 1.29. The van der Waals surface area contributed by atoms with Gasteiger partial charge < -0.3 is 9.45 Å². The quantitative estimate of drug-likeness (QED) is 0.386. The Balaban J connectivity index is 0. The van der Waals surface area contributed by atoms with Crippen LogP contribution in [0, 0.1) is 0 Å². The first-order valence-electron chi connectivity index (χ1n) is 3.68. The second kappa shape index (κ2) is 8.34. The van der Waals surface area contributed by atoms with E-state index in [0.717, 1.165) is 6.08 Å². The third-order valence-electron chi connectivity index (χ3n) is 1.44. The molecule has 0 aromatic heterocycles. The van der Waals surface area contributed by atoms with Crippen LogP contribution in [0.5, 0.6) is 0 Å². The molecule has 0 unspecified atom stereocenters. The van der Waals surface area contributed by atoms with Gasteiger partial charge in [0, 0.05) is 19.3 Å². The fourth-order valence-electron chi connectivity index (χ4n) is 0.745. The topological polar surface area (TPSA) is 77.5 Å². The van der Waals surface area contributed by atoms with Crippen molar-refractivity contribution in [3.63, 3.8) is 0 Å². The van der Waals surface area contributed by atoms with E-state index >= 15 is 0 Å². The number of hydrogen-bond acceptors (Lipinski definition) is 4. The van der Waals surface area contributed by atoms with E-state index in [4.69, 9.17) is 0 Å². The van der Waals surface area contributed by atoms with Gasteiger partial charge >= 0.3 is 68.9 Å². The van der Waals surface area contributed by atoms with Crippen molar-refractivity contribution in [3.8, 4) is 0 Å². The SMILES string of the molecule is C=CC(=O)N(C)CCCS(=O)(=O)[O-].[Cs+]. The summed E-state index contributed by atoms with van der Waals surface area (Å²) in [5.41, 5.74) is 0. The molecule has 0 rings (SSSR count). The molecule has 14 heavy (non-hydrogen) atoms. The molecule has 0 N–H and O–H groups in total. The van der Waals surface area contributed by atoms with Crippen molar-refractivity contribution in [1.82, 2.24) is 4.90 Å². The zero-order chi connectivity index (χ0) is 10.5. The summed E-state index contributed by atoms with van der Waals surface area (Å²) in [4.78, 5) is 12.2. The predicted molar refractivity (Wildman–Crippen MR) is 47.0 cm³/mol. The maximum Gasteiger partial charge on any atom is 1.00 e. The fourth-order valence-corrected chi connectivity index (χ4v) is 1.23. The van der Waals surface area contributed by atoms with Gasteiger partial charge in [-0.2, -0.15) is 0 Å². The standard InChI is InChI=1S/C7H13NO4S.Cs/c1-3-7(9)8(2)5-4-6-13(10,11)12;/h3H,1,4-6H2,2H3,(H,10,11,12);/q;+1/p-1. The van der Waals surface area contributed by atoms with Gasteiger partial charge in [-0.05, 0) is 12.5 Å². The Bertz CT molecular complexity index is 288. The molecule has 0 atom stereocenters. The molecule has 0 aliphatic carbocycles. The molecular formula is C7H12CsNO4S. The summed E-state index contributed by atoms with van der Waals surface area (Å²) in [6.45, 7) is 3.51. The largest absolute Gasteiger partial charge is 1.00 e. The number of amides is 1. The Kier molecular flexibility index (Phi) is 10.5. The number of rotatable bonds is 5. The molecule has 0 saturated carbocycles. The van der Waals surface area contributed by atoms with Crippen molar-refractivity contribution in [3.05, 3.63) is 12.7 Å². The minimum absolute atomic E-state index is 0. The first-order valence-corrected chi connectivity index (χ1v) is 5.25. The van der Waals surface area contributed by atoms with Gasteiger partial charge in [-0.3, -0.25) is 4.79 Å². The molecule has 0 spiro atoms. The van der Waals surface area contributed by atoms with E-state index in [1.54, 1.807) is 0 Å². The van der Waals surface area contributed by atoms with Crippen LogP contribution in [0.15, 0.2) is 12.7 Å². The predicted octanol–water partition coefficient (Wildman–Crippen LogP) is -3.43. The number of hydrogen-bond donors (Lipinski definition) is 0. The number of carbonyl (C=O) groups excluding carboxylic acids is 1. The Morgan fingerprint density at radius 3 is 2.43 bits per heavy atom. The molecule has 0 aromatic rings. The summed E-state index contributed by atoms with van der Waals surface area (Å²) in [7, 11) is -2.65. The van der Waals surface area contributed by atoms with E-state index < -0.39 is 15.9 Å². The van der Waals surface area contributed by atoms with Gasteiger partial charge in [0.2, 0.25) is 5.91 Å². The van der Waals surface area contributed by atoms with Crippen molar-refractivity contribution >= 4 is 16.0 Å². The molecule has 0 aliphatic rings. The summed E-state index contributed by atoms with van der Waals surface area (Å²) in [5.74, 6) is -0.731. The Morgan fingerprint density at radius 2 is 2.07 bits per heavy atom. The van der Waals surface area contributed by atoms with Gasteiger partial charge in [0.25, 0.3) is 0 Å². The number of carbonyl (C=O) groups is 1. The second-order valence-corrected chi connectivity index (χ2v) is 4.10. The van der Waals surface area contributed by atoms with Gasteiger partial charge in [0.1, 0.15) is 0 Å². The van der Waals surface area contributed by atoms with Crippen LogP contribution in [0.1, 0.15) is 6.42 Å². The van der Waals surface area contributed by atoms with Gasteiger partial charge in [0.05, 0.1) is 10.1 Å². The minimum Gasteiger partial charge on any atom is -0.748 e. The maximum atomic E-state index is 10.8. The summed E-state index contributed by atoms with van der Waals surface area (Å²) in [5, 5.41) is 0. The molecule has 0 bridgehead atoms. The van der Waals surface area contributed by atoms with Crippen LogP contribution >= 0.6 is 0 Å². The molecule has 0 aliphatic heterocycles. The maximum absolute atomic E-state index is 10.8. The molecule has 0 saturated heterocycles. The fraction of sp³-hybridized carbons (Fsp3) is 0.571. The molecule has 0 fully saturated rings. The zero-order valence-corrected chi connectivity index (χ0v) is 15.5. The molecule has 1 amide bonds. The summed E-state index contributed by atoms with van der Waals surface area (Å²) >= 11 is 0. The van der Waals surface area contributed by atoms with Crippen LogP contribution in [-0.2, 0) is 14.9 Å². The van der Waals surface area contributed by atoms with Crippen LogP contribution in [-0.4, -0.2) is 43.1 Å². The third-order valence-corrected chi connectivity index (χ3v) is 2.23. The van der Waals surface area contributed by atoms with E-state index in [9.17, 15) is 17.8 Å². The van der Waals surface area contributed by atoms with Crippen molar-refractivity contribution < 1.29 is 86.7 Å². The first-order chi connectivity index (χ1) is 5.87. The van der Waals surface area contributed by atoms with Crippen LogP contribution in [0.3, 0.4) is 0 Å². The molecule has 76 valence electrons. The van der Waals surface area contributed by atoms with E-state index in [1.165, 1.54) is 11.9 Å². The van der Waals surface area contributed by atoms with Crippen molar-refractivity contribution in [1.29, 1.82) is 0 Å². The van der Waals surface area contributed by atoms with Crippen molar-refractivity contribution in [2.75, 3.05) is 19.3 Å². The smallest absolute Gasteiger partial charge is 0.748 e. The van der Waals surface area contributed by atoms with E-state index in [0.29, 0.717) is 0 Å². The Morgan fingerprint density at radius 1 is 1.57 bits per heavy atom. The molecule has 7 heteroatoms. The first kappa shape index (κ1) is 17.6. The third kappa shape index (κ3) is 9.72. The van der Waals surface area contributed by atoms with Crippen molar-refractivity contribution in [2.45, 2.75) is 6.42 Å². The average Bonchev–Trinajstić information content (AvgIpc) is 2.00. The van der Waals surface area contributed by atoms with Crippen LogP contribution in [0.25, 0.3) is 0 Å². The summed E-state index contributed by atoms with van der Waals surface area (Å²) < 4.78 is 30.5. The van der Waals surface area contributed by atoms with Crippen LogP contribution in [0.4, 0.5) is 0 Å². The van der Waals surface area contributed by atoms with E-state index in [2.05, 4.69) is 6.58 Å². The van der Waals surface area contributed by atoms with Crippen LogP contribution < -0.4 is 68.9 Å². The molecular weight excluding hydrogens is 327 g/mol. The summed E-state index contributed by atoms with van der Waals surface area (Å²) in [6, 6.07) is 0. The molecule has 5 nitrogen and oxygen atoms in total. The number of nitrogens with zero attached hydrogens (tertiary/aromatic N) is 1. The monoisotopic (exact) mass is 339 g/mol. The van der Waals surface area contributed by atoms with Crippen LogP contribution in [0.2, 0.25) is 0 Å².